The molecule has 2 fully saturated rings. The number of ketones is 1. The minimum absolute atomic E-state index is 0.161. The molecule has 10 heteroatoms. The van der Waals surface area contributed by atoms with Gasteiger partial charge in [0.25, 0.3) is 0 Å². The fraction of sp³-hybridized carbons (Fsp3) is 0.935. The van der Waals surface area contributed by atoms with Crippen LogP contribution in [0.2, 0.25) is 0 Å². The van der Waals surface area contributed by atoms with Gasteiger partial charge in [-0.2, -0.15) is 0 Å². The van der Waals surface area contributed by atoms with E-state index in [4.69, 9.17) is 18.9 Å². The van der Waals surface area contributed by atoms with Crippen LogP contribution in [-0.2, 0) is 28.5 Å². The molecule has 0 aromatic carbocycles. The summed E-state index contributed by atoms with van der Waals surface area (Å²) in [6.07, 6.45) is -4.04. The van der Waals surface area contributed by atoms with Crippen LogP contribution in [-0.4, -0.2) is 107 Å². The van der Waals surface area contributed by atoms with E-state index >= 15 is 0 Å². The number of hydrogen-bond acceptors (Lipinski definition) is 10. The van der Waals surface area contributed by atoms with Gasteiger partial charge in [0, 0.05) is 25.0 Å². The molecule has 0 saturated carbocycles. The number of ether oxygens (including phenoxy) is 4. The normalized spacial score (nSPS) is 47.6. The lowest BCUT2D eigenvalue weighted by Crippen LogP contribution is -2.59. The Bertz CT molecular complexity index is 882. The highest BCUT2D eigenvalue weighted by Gasteiger charge is 2.51. The van der Waals surface area contributed by atoms with Crippen LogP contribution in [0.4, 0.5) is 0 Å². The summed E-state index contributed by atoms with van der Waals surface area (Å²) in [5.41, 5.74) is -2.87. The van der Waals surface area contributed by atoms with Crippen LogP contribution in [0.25, 0.3) is 0 Å². The number of Topliss-reactive ketones (excluding diaryl/α,β-unsaturated/α-hetero) is 1. The van der Waals surface area contributed by atoms with E-state index in [1.807, 2.05) is 46.7 Å². The Morgan fingerprint density at radius 1 is 1.00 bits per heavy atom. The van der Waals surface area contributed by atoms with Crippen LogP contribution in [0, 0.1) is 29.6 Å². The smallest absolute Gasteiger partial charge is 0.309 e. The summed E-state index contributed by atoms with van der Waals surface area (Å²) in [7, 11) is 5.38. The molecule has 0 aromatic rings. The van der Waals surface area contributed by atoms with Crippen molar-refractivity contribution in [1.82, 2.24) is 4.90 Å². The number of carbonyl (C=O) groups is 2. The maximum atomic E-state index is 13.6. The Labute approximate surface area is 247 Å². The number of esters is 1. The van der Waals surface area contributed by atoms with Crippen LogP contribution in [0.15, 0.2) is 0 Å². The molecule has 2 rings (SSSR count). The molecule has 0 radical (unpaired) electrons. The van der Waals surface area contributed by atoms with E-state index in [9.17, 15) is 24.9 Å². The Hall–Kier alpha value is -1.14. The van der Waals surface area contributed by atoms with Crippen molar-refractivity contribution in [3.63, 3.8) is 0 Å². The van der Waals surface area contributed by atoms with Gasteiger partial charge in [0.15, 0.2) is 6.29 Å². The van der Waals surface area contributed by atoms with E-state index in [1.54, 1.807) is 34.8 Å². The molecule has 2 saturated heterocycles. The van der Waals surface area contributed by atoms with Crippen molar-refractivity contribution in [3.8, 4) is 0 Å². The molecule has 0 aliphatic carbocycles. The van der Waals surface area contributed by atoms with E-state index in [-0.39, 0.29) is 42.6 Å². The first-order chi connectivity index (χ1) is 18.8. The van der Waals surface area contributed by atoms with E-state index in [0.717, 1.165) is 0 Å². The van der Waals surface area contributed by atoms with Crippen LogP contribution >= 0.6 is 0 Å². The van der Waals surface area contributed by atoms with Crippen molar-refractivity contribution in [2.24, 2.45) is 29.6 Å². The van der Waals surface area contributed by atoms with Crippen LogP contribution in [0.1, 0.15) is 81.6 Å². The average Bonchev–Trinajstić information content (AvgIpc) is 2.92. The van der Waals surface area contributed by atoms with Crippen LogP contribution in [0.3, 0.4) is 0 Å². The summed E-state index contributed by atoms with van der Waals surface area (Å²) in [6.45, 7) is 16.0. The monoisotopic (exact) mass is 587 g/mol. The molecule has 2 aliphatic rings. The van der Waals surface area contributed by atoms with Gasteiger partial charge < -0.3 is 39.2 Å². The van der Waals surface area contributed by atoms with Crippen molar-refractivity contribution < 1.29 is 43.9 Å². The highest BCUT2D eigenvalue weighted by Crippen LogP contribution is 2.40. The van der Waals surface area contributed by atoms with E-state index in [1.165, 1.54) is 6.92 Å². The molecule has 0 spiro atoms. The zero-order chi connectivity index (χ0) is 31.6. The summed E-state index contributed by atoms with van der Waals surface area (Å²) in [5.74, 6) is -3.45. The zero-order valence-corrected chi connectivity index (χ0v) is 27.3. The summed E-state index contributed by atoms with van der Waals surface area (Å²) in [6, 6.07) is -0.181. The molecule has 14 atom stereocenters. The second-order valence-electron chi connectivity index (χ2n) is 13.5. The van der Waals surface area contributed by atoms with Crippen LogP contribution < -0.4 is 0 Å². The van der Waals surface area contributed by atoms with Crippen molar-refractivity contribution >= 4 is 11.8 Å². The summed E-state index contributed by atoms with van der Waals surface area (Å²) in [5, 5.41) is 33.8. The van der Waals surface area contributed by atoms with Gasteiger partial charge in [-0.15, -0.1) is 0 Å². The molecule has 2 heterocycles. The molecule has 240 valence electrons. The molecule has 10 nitrogen and oxygen atoms in total. The lowest BCUT2D eigenvalue weighted by Gasteiger charge is -2.48. The fourth-order valence-corrected chi connectivity index (χ4v) is 6.76. The third-order valence-electron chi connectivity index (χ3n) is 10.1. The van der Waals surface area contributed by atoms with Gasteiger partial charge in [0.05, 0.1) is 29.8 Å². The molecule has 2 aliphatic heterocycles. The Kier molecular flexibility index (Phi) is 12.4. The first kappa shape index (κ1) is 36.1. The number of hydrogen-bond donors (Lipinski definition) is 3. The minimum atomic E-state index is -1.83. The lowest BCUT2D eigenvalue weighted by molar-refractivity contribution is -0.299. The summed E-state index contributed by atoms with van der Waals surface area (Å²) < 4.78 is 24.7. The second-order valence-corrected chi connectivity index (χ2v) is 13.5. The number of cyclic esters (lactones) is 1. The van der Waals surface area contributed by atoms with E-state index in [2.05, 4.69) is 0 Å². The van der Waals surface area contributed by atoms with Gasteiger partial charge in [-0.1, -0.05) is 41.5 Å². The van der Waals surface area contributed by atoms with E-state index in [0.29, 0.717) is 6.42 Å². The molecular weight excluding hydrogens is 530 g/mol. The predicted octanol–water partition coefficient (Wildman–Crippen LogP) is 2.79. The Morgan fingerprint density at radius 2 is 1.59 bits per heavy atom. The van der Waals surface area contributed by atoms with Crippen molar-refractivity contribution in [3.05, 3.63) is 0 Å². The Balaban J connectivity index is 2.60. The lowest BCUT2D eigenvalue weighted by atomic mass is 9.72. The second kappa shape index (κ2) is 14.1. The Morgan fingerprint density at radius 3 is 2.10 bits per heavy atom. The number of aliphatic hydroxyl groups excluding tert-OH is 2. The summed E-state index contributed by atoms with van der Waals surface area (Å²) >= 11 is 0. The largest absolute Gasteiger partial charge is 0.459 e. The van der Waals surface area contributed by atoms with Gasteiger partial charge >= 0.3 is 5.97 Å². The topological polar surface area (TPSA) is 135 Å². The molecule has 41 heavy (non-hydrogen) atoms. The standard InChI is InChI=1S/C31H57NO9/c1-13-23-31(9,37)26(35)21(7)24(33)16(2)15-30(8,38-12)27(19(5)18(4)20(6)28(36)40-23)41-29-25(34)22(32(10)11)14-17(3)39-29/h16-23,25-27,29,34-35,37H,13-15H2,1-12H3/t16-,17-,18+,19+,20-,21+,22+,23-,25-,26-,27-,29?,30+,31-/m1/s1. The molecular formula is C31H57NO9. The number of rotatable bonds is 5. The SMILES string of the molecule is CC[C@H]1OC(=O)[C@H](C)[C@@H](C)[C@H](C)[C@@H](OC2O[C@H](C)C[C@H](N(C)C)[C@H]2O)[C@@](C)(OC)C[C@@H](C)C(=O)[C@H](C)[C@@H](O)[C@]1(C)O. The van der Waals surface area contributed by atoms with Gasteiger partial charge in [-0.05, 0) is 66.0 Å². The molecule has 0 aromatic heterocycles. The van der Waals surface area contributed by atoms with Crippen molar-refractivity contribution in [1.29, 1.82) is 0 Å². The van der Waals surface area contributed by atoms with E-state index < -0.39 is 65.6 Å². The third-order valence-corrected chi connectivity index (χ3v) is 10.1. The zero-order valence-electron chi connectivity index (χ0n) is 27.3. The highest BCUT2D eigenvalue weighted by atomic mass is 16.7. The fourth-order valence-electron chi connectivity index (χ4n) is 6.76. The van der Waals surface area contributed by atoms with Crippen LogP contribution in [0.5, 0.6) is 0 Å². The molecule has 3 N–H and O–H groups in total. The first-order valence-electron chi connectivity index (χ1n) is 15.2. The third kappa shape index (κ3) is 7.69. The first-order valence-corrected chi connectivity index (χ1v) is 15.2. The maximum Gasteiger partial charge on any atom is 0.309 e. The number of aliphatic hydroxyl groups is 3. The number of nitrogens with zero attached hydrogens (tertiary/aromatic N) is 1. The average molecular weight is 588 g/mol. The highest BCUT2D eigenvalue weighted by molar-refractivity contribution is 5.83. The number of carbonyl (C=O) groups excluding carboxylic acids is 2. The van der Waals surface area contributed by atoms with Gasteiger partial charge in [0.1, 0.15) is 23.6 Å². The van der Waals surface area contributed by atoms with Crippen molar-refractivity contribution in [2.75, 3.05) is 21.2 Å². The molecule has 1 unspecified atom stereocenters. The minimum Gasteiger partial charge on any atom is -0.459 e. The van der Waals surface area contributed by atoms with Gasteiger partial charge in [-0.3, -0.25) is 9.59 Å². The summed E-state index contributed by atoms with van der Waals surface area (Å²) in [4.78, 5) is 29.0. The molecule has 0 amide bonds. The predicted molar refractivity (Wildman–Crippen MR) is 155 cm³/mol. The van der Waals surface area contributed by atoms with Gasteiger partial charge in [-0.25, -0.2) is 0 Å². The maximum absolute atomic E-state index is 13.6. The number of methoxy groups -OCH3 is 1. The molecule has 0 bridgehead atoms. The van der Waals surface area contributed by atoms with Crippen molar-refractivity contribution in [2.45, 2.75) is 136 Å². The number of likely N-dealkylation sites (N-methyl/N-ethyl adjacent to an activating group) is 1. The van der Waals surface area contributed by atoms with Gasteiger partial charge in [0.2, 0.25) is 0 Å². The quantitative estimate of drug-likeness (QED) is 0.412.